The van der Waals surface area contributed by atoms with E-state index in [1.54, 1.807) is 12.1 Å². The Kier molecular flexibility index (Phi) is 2.91. The summed E-state index contributed by atoms with van der Waals surface area (Å²) in [5.74, 6) is 0. The zero-order valence-electron chi connectivity index (χ0n) is 11.6. The Hall–Kier alpha value is -2.07. The number of hydrogen-bond acceptors (Lipinski definition) is 4. The van der Waals surface area contributed by atoms with E-state index in [2.05, 4.69) is 21.8 Å². The number of aryl methyl sites for hydroxylation is 1. The van der Waals surface area contributed by atoms with Gasteiger partial charge in [0.1, 0.15) is 5.52 Å². The van der Waals surface area contributed by atoms with Crippen molar-refractivity contribution in [2.75, 3.05) is 24.7 Å². The molecule has 0 saturated heterocycles. The predicted octanol–water partition coefficient (Wildman–Crippen LogP) is 3.39. The molecule has 102 valence electrons. The first-order valence-corrected chi connectivity index (χ1v) is 6.68. The summed E-state index contributed by atoms with van der Waals surface area (Å²) in [4.78, 5) is 11.3. The molecule has 0 aliphatic rings. The molecule has 3 aromatic rings. The minimum Gasteiger partial charge on any atom is -0.399 e. The van der Waals surface area contributed by atoms with Crippen LogP contribution in [-0.2, 0) is 0 Å². The Morgan fingerprint density at radius 2 is 1.70 bits per heavy atom. The highest BCUT2D eigenvalue weighted by atomic mass is 35.5. The van der Waals surface area contributed by atoms with Gasteiger partial charge in [-0.1, -0.05) is 11.6 Å². The van der Waals surface area contributed by atoms with Crippen LogP contribution >= 0.6 is 11.6 Å². The van der Waals surface area contributed by atoms with Gasteiger partial charge in [0, 0.05) is 25.5 Å². The van der Waals surface area contributed by atoms with E-state index >= 15 is 0 Å². The number of benzene rings is 2. The van der Waals surface area contributed by atoms with Gasteiger partial charge in [0.2, 0.25) is 0 Å². The summed E-state index contributed by atoms with van der Waals surface area (Å²) in [5, 5.41) is 0.531. The maximum Gasteiger partial charge on any atom is 0.108 e. The van der Waals surface area contributed by atoms with Gasteiger partial charge in [-0.05, 0) is 36.8 Å². The molecule has 0 fully saturated rings. The first kappa shape index (κ1) is 12.9. The van der Waals surface area contributed by atoms with Crippen LogP contribution in [0.15, 0.2) is 24.3 Å². The molecule has 0 amide bonds. The molecule has 0 spiro atoms. The van der Waals surface area contributed by atoms with Gasteiger partial charge in [0.15, 0.2) is 0 Å². The second kappa shape index (κ2) is 4.49. The van der Waals surface area contributed by atoms with Crippen molar-refractivity contribution in [3.63, 3.8) is 0 Å². The number of hydrogen-bond donors (Lipinski definition) is 1. The number of halogens is 1. The smallest absolute Gasteiger partial charge is 0.108 e. The minimum atomic E-state index is 0.531. The standard InChI is InChI=1S/C15H15ClN4/c1-8-4-11-12(7-14(8)20(2)3)18-13-6-9(17)5-10(16)15(13)19-11/h4-7H,17H2,1-3H3. The molecule has 2 aromatic carbocycles. The van der Waals surface area contributed by atoms with E-state index in [1.165, 1.54) is 0 Å². The van der Waals surface area contributed by atoms with Crippen molar-refractivity contribution < 1.29 is 0 Å². The monoisotopic (exact) mass is 286 g/mol. The molecule has 20 heavy (non-hydrogen) atoms. The predicted molar refractivity (Wildman–Crippen MR) is 85.5 cm³/mol. The Labute approximate surface area is 122 Å². The van der Waals surface area contributed by atoms with Gasteiger partial charge >= 0.3 is 0 Å². The fourth-order valence-electron chi connectivity index (χ4n) is 2.38. The number of anilines is 2. The molecule has 0 radical (unpaired) electrons. The first-order chi connectivity index (χ1) is 9.45. The Bertz CT molecular complexity index is 827. The summed E-state index contributed by atoms with van der Waals surface area (Å²) >= 11 is 6.19. The first-order valence-electron chi connectivity index (χ1n) is 6.30. The Morgan fingerprint density at radius 1 is 1.00 bits per heavy atom. The van der Waals surface area contributed by atoms with Crippen LogP contribution in [0.25, 0.3) is 22.1 Å². The maximum atomic E-state index is 6.19. The molecule has 5 heteroatoms. The average molecular weight is 287 g/mol. The quantitative estimate of drug-likeness (QED) is 0.550. The topological polar surface area (TPSA) is 55.0 Å². The second-order valence-electron chi connectivity index (χ2n) is 5.12. The van der Waals surface area contributed by atoms with Crippen molar-refractivity contribution in [1.82, 2.24) is 9.97 Å². The highest BCUT2D eigenvalue weighted by molar-refractivity contribution is 6.35. The van der Waals surface area contributed by atoms with E-state index in [-0.39, 0.29) is 0 Å². The minimum absolute atomic E-state index is 0.531. The highest BCUT2D eigenvalue weighted by Crippen LogP contribution is 2.29. The molecule has 0 aliphatic heterocycles. The summed E-state index contributed by atoms with van der Waals surface area (Å²) in [6, 6.07) is 7.56. The summed E-state index contributed by atoms with van der Waals surface area (Å²) < 4.78 is 0. The van der Waals surface area contributed by atoms with Crippen molar-refractivity contribution >= 4 is 45.0 Å². The highest BCUT2D eigenvalue weighted by Gasteiger charge is 2.09. The third-order valence-electron chi connectivity index (χ3n) is 3.31. The van der Waals surface area contributed by atoms with Crippen LogP contribution in [-0.4, -0.2) is 24.1 Å². The van der Waals surface area contributed by atoms with Gasteiger partial charge in [-0.15, -0.1) is 0 Å². The normalized spacial score (nSPS) is 11.2. The van der Waals surface area contributed by atoms with Crippen molar-refractivity contribution in [3.05, 3.63) is 34.9 Å². The molecule has 2 N–H and O–H groups in total. The van der Waals surface area contributed by atoms with Crippen molar-refractivity contribution in [2.24, 2.45) is 0 Å². The Morgan fingerprint density at radius 3 is 2.40 bits per heavy atom. The van der Waals surface area contributed by atoms with Crippen LogP contribution < -0.4 is 10.6 Å². The van der Waals surface area contributed by atoms with E-state index in [0.717, 1.165) is 27.8 Å². The van der Waals surface area contributed by atoms with Crippen LogP contribution in [0.4, 0.5) is 11.4 Å². The molecule has 0 aliphatic carbocycles. The van der Waals surface area contributed by atoms with Crippen molar-refractivity contribution in [2.45, 2.75) is 6.92 Å². The molecule has 3 rings (SSSR count). The molecule has 0 saturated carbocycles. The zero-order chi connectivity index (χ0) is 14.4. The van der Waals surface area contributed by atoms with E-state index < -0.39 is 0 Å². The van der Waals surface area contributed by atoms with E-state index in [1.807, 2.05) is 26.2 Å². The number of nitrogens with zero attached hydrogens (tertiary/aromatic N) is 3. The van der Waals surface area contributed by atoms with E-state index in [9.17, 15) is 0 Å². The van der Waals surface area contributed by atoms with Crippen molar-refractivity contribution in [3.8, 4) is 0 Å². The molecule has 0 bridgehead atoms. The summed E-state index contributed by atoms with van der Waals surface area (Å²) in [6.07, 6.45) is 0. The van der Waals surface area contributed by atoms with Gasteiger partial charge in [-0.2, -0.15) is 0 Å². The third-order valence-corrected chi connectivity index (χ3v) is 3.60. The number of fused-ring (bicyclic) bond motifs is 2. The van der Waals surface area contributed by atoms with Crippen molar-refractivity contribution in [1.29, 1.82) is 0 Å². The molecule has 1 heterocycles. The SMILES string of the molecule is Cc1cc2nc3c(Cl)cc(N)cc3nc2cc1N(C)C. The van der Waals surface area contributed by atoms with Gasteiger partial charge in [0.05, 0.1) is 21.6 Å². The molecular weight excluding hydrogens is 272 g/mol. The van der Waals surface area contributed by atoms with Crippen LogP contribution in [0.2, 0.25) is 5.02 Å². The van der Waals surface area contributed by atoms with E-state index in [4.69, 9.17) is 17.3 Å². The fraction of sp³-hybridized carbons (Fsp3) is 0.200. The van der Waals surface area contributed by atoms with Crippen LogP contribution in [0.5, 0.6) is 0 Å². The zero-order valence-corrected chi connectivity index (χ0v) is 12.4. The summed E-state index contributed by atoms with van der Waals surface area (Å²) in [5.41, 5.74) is 11.8. The van der Waals surface area contributed by atoms with Crippen LogP contribution in [0, 0.1) is 6.92 Å². The third kappa shape index (κ3) is 2.02. The summed E-state index contributed by atoms with van der Waals surface area (Å²) in [7, 11) is 4.02. The number of nitrogen functional groups attached to an aromatic ring is 1. The van der Waals surface area contributed by atoms with Gasteiger partial charge in [0.25, 0.3) is 0 Å². The van der Waals surface area contributed by atoms with E-state index in [0.29, 0.717) is 16.2 Å². The molecule has 0 atom stereocenters. The van der Waals surface area contributed by atoms with Gasteiger partial charge in [-0.3, -0.25) is 0 Å². The van der Waals surface area contributed by atoms with Crippen LogP contribution in [0.1, 0.15) is 5.56 Å². The average Bonchev–Trinajstić information content (AvgIpc) is 2.36. The lowest BCUT2D eigenvalue weighted by atomic mass is 10.1. The van der Waals surface area contributed by atoms with Gasteiger partial charge in [-0.25, -0.2) is 9.97 Å². The lowest BCUT2D eigenvalue weighted by Crippen LogP contribution is -2.10. The number of aromatic nitrogens is 2. The lowest BCUT2D eigenvalue weighted by molar-refractivity contribution is 1.12. The molecule has 1 aromatic heterocycles. The van der Waals surface area contributed by atoms with Crippen LogP contribution in [0.3, 0.4) is 0 Å². The maximum absolute atomic E-state index is 6.19. The largest absolute Gasteiger partial charge is 0.399 e. The lowest BCUT2D eigenvalue weighted by Gasteiger charge is -2.16. The molecule has 0 unspecified atom stereocenters. The second-order valence-corrected chi connectivity index (χ2v) is 5.52. The fourth-order valence-corrected chi connectivity index (χ4v) is 2.65. The number of nitrogens with two attached hydrogens (primary N) is 1. The Balaban J connectivity index is 2.39. The summed E-state index contributed by atoms with van der Waals surface area (Å²) in [6.45, 7) is 2.06. The molecule has 4 nitrogen and oxygen atoms in total. The number of rotatable bonds is 1. The van der Waals surface area contributed by atoms with Gasteiger partial charge < -0.3 is 10.6 Å². The molecular formula is C15H15ClN4.